The summed E-state index contributed by atoms with van der Waals surface area (Å²) in [5, 5.41) is 2.50. The fraction of sp³-hybridized carbons (Fsp3) is 0.360. The van der Waals surface area contributed by atoms with E-state index >= 15 is 0 Å². The molecule has 2 aromatic carbocycles. The van der Waals surface area contributed by atoms with Crippen molar-refractivity contribution in [1.29, 1.82) is 0 Å². The van der Waals surface area contributed by atoms with E-state index in [0.29, 0.717) is 18.2 Å². The molecule has 164 valence electrons. The Labute approximate surface area is 182 Å². The molecule has 0 spiro atoms. The van der Waals surface area contributed by atoms with Gasteiger partial charge in [-0.3, -0.25) is 9.59 Å². The highest BCUT2D eigenvalue weighted by Crippen LogP contribution is 2.26. The lowest BCUT2D eigenvalue weighted by Crippen LogP contribution is -2.31. The van der Waals surface area contributed by atoms with Crippen LogP contribution in [-0.4, -0.2) is 18.5 Å². The van der Waals surface area contributed by atoms with Crippen molar-refractivity contribution in [2.24, 2.45) is 5.41 Å². The van der Waals surface area contributed by atoms with Crippen molar-refractivity contribution in [3.8, 4) is 11.8 Å². The van der Waals surface area contributed by atoms with Crippen LogP contribution < -0.4 is 5.32 Å². The fourth-order valence-corrected chi connectivity index (χ4v) is 2.64. The molecule has 1 N–H and O–H groups in total. The van der Waals surface area contributed by atoms with Gasteiger partial charge in [-0.15, -0.1) is 0 Å². The van der Waals surface area contributed by atoms with Gasteiger partial charge in [-0.1, -0.05) is 44.7 Å². The second-order valence-corrected chi connectivity index (χ2v) is 8.69. The molecule has 2 aromatic rings. The van der Waals surface area contributed by atoms with E-state index in [1.165, 1.54) is 0 Å². The Balaban J connectivity index is 2.36. The molecule has 0 fully saturated rings. The van der Waals surface area contributed by atoms with Crippen LogP contribution in [0.2, 0.25) is 0 Å². The summed E-state index contributed by atoms with van der Waals surface area (Å²) in [5.41, 5.74) is -0.363. The Bertz CT molecular complexity index is 1040. The summed E-state index contributed by atoms with van der Waals surface area (Å²) in [7, 11) is 0. The maximum absolute atomic E-state index is 14.3. The molecule has 0 radical (unpaired) electrons. The van der Waals surface area contributed by atoms with E-state index in [9.17, 15) is 18.4 Å². The average molecular weight is 427 g/mol. The zero-order chi connectivity index (χ0) is 23.4. The highest BCUT2D eigenvalue weighted by Gasteiger charge is 2.31. The minimum Gasteiger partial charge on any atom is -0.465 e. The fourth-order valence-electron chi connectivity index (χ4n) is 2.64. The number of carbonyl (C=O) groups excluding carboxylic acids is 2. The molecule has 0 aromatic heterocycles. The van der Waals surface area contributed by atoms with Gasteiger partial charge < -0.3 is 10.1 Å². The van der Waals surface area contributed by atoms with E-state index in [-0.39, 0.29) is 17.2 Å². The topological polar surface area (TPSA) is 55.4 Å². The van der Waals surface area contributed by atoms with Gasteiger partial charge in [-0.25, -0.2) is 8.78 Å². The third-order valence-electron chi connectivity index (χ3n) is 4.71. The first-order valence-corrected chi connectivity index (χ1v) is 9.96. The smallest absolute Gasteiger partial charge is 0.315 e. The maximum Gasteiger partial charge on any atom is 0.315 e. The Morgan fingerprint density at radius 3 is 2.16 bits per heavy atom. The Hall–Kier alpha value is -3.20. The molecule has 2 rings (SSSR count). The number of amides is 1. The van der Waals surface area contributed by atoms with Gasteiger partial charge >= 0.3 is 5.97 Å². The zero-order valence-electron chi connectivity index (χ0n) is 18.7. The van der Waals surface area contributed by atoms with Gasteiger partial charge in [-0.05, 0) is 44.5 Å². The van der Waals surface area contributed by atoms with Crippen molar-refractivity contribution in [3.05, 3.63) is 64.7 Å². The number of nitrogens with one attached hydrogen (secondary N) is 1. The summed E-state index contributed by atoms with van der Waals surface area (Å²) in [6, 6.07) is 8.73. The van der Waals surface area contributed by atoms with E-state index in [0.717, 1.165) is 11.6 Å². The largest absolute Gasteiger partial charge is 0.465 e. The lowest BCUT2D eigenvalue weighted by molar-refractivity contribution is -0.148. The van der Waals surface area contributed by atoms with Crippen molar-refractivity contribution in [2.75, 3.05) is 11.9 Å². The molecule has 4 nitrogen and oxygen atoms in total. The average Bonchev–Trinajstić information content (AvgIpc) is 2.68. The summed E-state index contributed by atoms with van der Waals surface area (Å²) >= 11 is 0. The predicted octanol–water partition coefficient (Wildman–Crippen LogP) is 5.19. The van der Waals surface area contributed by atoms with Gasteiger partial charge in [0.1, 0.15) is 5.82 Å². The number of carbonyl (C=O) groups is 2. The van der Waals surface area contributed by atoms with E-state index in [1.54, 1.807) is 65.8 Å². The van der Waals surface area contributed by atoms with Gasteiger partial charge in [-0.2, -0.15) is 0 Å². The molecule has 0 atom stereocenters. The van der Waals surface area contributed by atoms with Crippen molar-refractivity contribution < 1.29 is 23.1 Å². The van der Waals surface area contributed by atoms with E-state index < -0.39 is 28.4 Å². The highest BCUT2D eigenvalue weighted by molar-refractivity contribution is 5.95. The lowest BCUT2D eigenvalue weighted by atomic mass is 9.84. The molecular weight excluding hydrogens is 400 g/mol. The van der Waals surface area contributed by atoms with Gasteiger partial charge in [0.05, 0.1) is 23.3 Å². The molecule has 0 aliphatic heterocycles. The third-order valence-corrected chi connectivity index (χ3v) is 4.71. The van der Waals surface area contributed by atoms with Gasteiger partial charge in [0, 0.05) is 17.0 Å². The molecule has 0 saturated carbocycles. The molecule has 0 unspecified atom stereocenters. The van der Waals surface area contributed by atoms with Crippen LogP contribution in [-0.2, 0) is 19.7 Å². The summed E-state index contributed by atoms with van der Waals surface area (Å²) in [5.74, 6) is 3.16. The summed E-state index contributed by atoms with van der Waals surface area (Å²) in [4.78, 5) is 24.4. The number of halogens is 2. The normalized spacial score (nSPS) is 11.4. The number of ether oxygens (including phenoxy) is 1. The molecule has 0 heterocycles. The highest BCUT2D eigenvalue weighted by atomic mass is 19.1. The molecule has 0 aliphatic rings. The Morgan fingerprint density at radius 2 is 1.61 bits per heavy atom. The minimum atomic E-state index is -0.895. The standard InChI is InChI=1S/C25H27F2NO3/c1-7-31-23(30)25(5,6)18-12-9-16(10-13-18)8-11-17-14-19(26)15-20(27)21(17)28-22(29)24(2,3)4/h9-10,12-15H,7H2,1-6H3,(H,28,29). The first-order chi connectivity index (χ1) is 14.4. The molecule has 1 amide bonds. The van der Waals surface area contributed by atoms with E-state index in [1.807, 2.05) is 0 Å². The summed E-state index contributed by atoms with van der Waals surface area (Å²) in [6.07, 6.45) is 0. The number of rotatable bonds is 4. The molecule has 0 bridgehead atoms. The van der Waals surface area contributed by atoms with Crippen LogP contribution in [0.25, 0.3) is 0 Å². The SMILES string of the molecule is CCOC(=O)C(C)(C)c1ccc(C#Cc2cc(F)cc(F)c2NC(=O)C(C)(C)C)cc1. The molecular formula is C25H27F2NO3. The summed E-state index contributed by atoms with van der Waals surface area (Å²) in [6.45, 7) is 10.7. The van der Waals surface area contributed by atoms with Crippen molar-refractivity contribution >= 4 is 17.6 Å². The first kappa shape index (κ1) is 24.1. The van der Waals surface area contributed by atoms with Gasteiger partial charge in [0.15, 0.2) is 5.82 Å². The Morgan fingerprint density at radius 1 is 1.00 bits per heavy atom. The van der Waals surface area contributed by atoms with E-state index in [4.69, 9.17) is 4.74 Å². The number of hydrogen-bond acceptors (Lipinski definition) is 3. The van der Waals surface area contributed by atoms with E-state index in [2.05, 4.69) is 17.2 Å². The molecule has 0 saturated heterocycles. The molecule has 31 heavy (non-hydrogen) atoms. The minimum absolute atomic E-state index is 0.0334. The van der Waals surface area contributed by atoms with Crippen LogP contribution in [0.1, 0.15) is 58.2 Å². The van der Waals surface area contributed by atoms with Crippen molar-refractivity contribution in [3.63, 3.8) is 0 Å². The monoisotopic (exact) mass is 427 g/mol. The number of hydrogen-bond donors (Lipinski definition) is 1. The molecule has 6 heteroatoms. The number of anilines is 1. The first-order valence-electron chi connectivity index (χ1n) is 9.96. The van der Waals surface area contributed by atoms with Crippen LogP contribution in [0.3, 0.4) is 0 Å². The second-order valence-electron chi connectivity index (χ2n) is 8.69. The van der Waals surface area contributed by atoms with Crippen LogP contribution >= 0.6 is 0 Å². The lowest BCUT2D eigenvalue weighted by Gasteiger charge is -2.22. The van der Waals surface area contributed by atoms with Crippen molar-refractivity contribution in [2.45, 2.75) is 47.0 Å². The second kappa shape index (κ2) is 9.30. The number of esters is 1. The molecule has 0 aliphatic carbocycles. The zero-order valence-corrected chi connectivity index (χ0v) is 18.7. The van der Waals surface area contributed by atoms with Crippen LogP contribution in [0, 0.1) is 28.9 Å². The van der Waals surface area contributed by atoms with Crippen molar-refractivity contribution in [1.82, 2.24) is 0 Å². The quantitative estimate of drug-likeness (QED) is 0.540. The summed E-state index contributed by atoms with van der Waals surface area (Å²) < 4.78 is 33.2. The Kier molecular flexibility index (Phi) is 7.22. The third kappa shape index (κ3) is 5.91. The van der Waals surface area contributed by atoms with Crippen LogP contribution in [0.5, 0.6) is 0 Å². The van der Waals surface area contributed by atoms with Crippen LogP contribution in [0.4, 0.5) is 14.5 Å². The maximum atomic E-state index is 14.3. The number of benzene rings is 2. The van der Waals surface area contributed by atoms with Gasteiger partial charge in [0.25, 0.3) is 0 Å². The van der Waals surface area contributed by atoms with Crippen LogP contribution in [0.15, 0.2) is 36.4 Å². The van der Waals surface area contributed by atoms with Gasteiger partial charge in [0.2, 0.25) is 5.91 Å². The predicted molar refractivity (Wildman–Crippen MR) is 117 cm³/mol.